The zero-order chi connectivity index (χ0) is 10.8. The molecule has 0 radical (unpaired) electrons. The van der Waals surface area contributed by atoms with Gasteiger partial charge in [-0.25, -0.2) is 9.37 Å². The molecule has 0 aliphatic carbocycles. The van der Waals surface area contributed by atoms with E-state index in [0.29, 0.717) is 15.6 Å². The molecule has 0 N–H and O–H groups in total. The fourth-order valence-electron chi connectivity index (χ4n) is 1.20. The second kappa shape index (κ2) is 3.97. The highest BCUT2D eigenvalue weighted by atomic mass is 35.5. The van der Waals surface area contributed by atoms with Crippen molar-refractivity contribution in [2.75, 3.05) is 0 Å². The molecule has 0 spiro atoms. The van der Waals surface area contributed by atoms with Gasteiger partial charge in [0.25, 0.3) is 0 Å². The lowest BCUT2D eigenvalue weighted by molar-refractivity contribution is 0.631. The van der Waals surface area contributed by atoms with Gasteiger partial charge in [0.15, 0.2) is 0 Å². The van der Waals surface area contributed by atoms with Gasteiger partial charge >= 0.3 is 0 Å². The summed E-state index contributed by atoms with van der Waals surface area (Å²) in [6.07, 6.45) is 0. The zero-order valence-electron chi connectivity index (χ0n) is 7.37. The Labute approximate surface area is 94.6 Å². The van der Waals surface area contributed by atoms with E-state index in [1.165, 1.54) is 35.0 Å². The average Bonchev–Trinajstić information content (AvgIpc) is 2.69. The van der Waals surface area contributed by atoms with Crippen LogP contribution in [0.3, 0.4) is 0 Å². The number of rotatable bonds is 1. The summed E-state index contributed by atoms with van der Waals surface area (Å²) in [6.45, 7) is 0. The van der Waals surface area contributed by atoms with Crippen molar-refractivity contribution in [3.05, 3.63) is 39.4 Å². The second-order valence-corrected chi connectivity index (χ2v) is 4.06. The first-order valence-corrected chi connectivity index (χ1v) is 5.27. The molecule has 0 fully saturated rings. The maximum atomic E-state index is 13.4. The predicted molar refractivity (Wildman–Crippen MR) is 57.2 cm³/mol. The van der Waals surface area contributed by atoms with E-state index in [9.17, 15) is 4.39 Å². The zero-order valence-corrected chi connectivity index (χ0v) is 8.94. The van der Waals surface area contributed by atoms with Gasteiger partial charge in [-0.15, -0.1) is 11.3 Å². The number of hydrogen-bond donors (Lipinski definition) is 0. The molecule has 2 nitrogen and oxygen atoms in total. The molecule has 15 heavy (non-hydrogen) atoms. The first-order chi connectivity index (χ1) is 7.22. The molecule has 1 aromatic heterocycles. The van der Waals surface area contributed by atoms with Crippen molar-refractivity contribution in [3.63, 3.8) is 0 Å². The first kappa shape index (κ1) is 10.1. The Kier molecular flexibility index (Phi) is 2.67. The number of thiazole rings is 1. The van der Waals surface area contributed by atoms with Crippen molar-refractivity contribution in [2.24, 2.45) is 0 Å². The lowest BCUT2D eigenvalue weighted by atomic mass is 10.1. The van der Waals surface area contributed by atoms with Gasteiger partial charge in [-0.1, -0.05) is 11.6 Å². The third kappa shape index (κ3) is 1.84. The van der Waals surface area contributed by atoms with Crippen LogP contribution in [0.1, 0.15) is 4.88 Å². The van der Waals surface area contributed by atoms with E-state index in [-0.39, 0.29) is 5.56 Å². The minimum absolute atomic E-state index is 0.264. The molecule has 0 aliphatic rings. The van der Waals surface area contributed by atoms with E-state index in [2.05, 4.69) is 4.98 Å². The van der Waals surface area contributed by atoms with Crippen molar-refractivity contribution in [1.82, 2.24) is 4.98 Å². The molecule has 5 heteroatoms. The van der Waals surface area contributed by atoms with Gasteiger partial charge in [0.05, 0.1) is 5.51 Å². The fourth-order valence-corrected chi connectivity index (χ4v) is 1.96. The van der Waals surface area contributed by atoms with Crippen LogP contribution in [0.5, 0.6) is 0 Å². The molecule has 0 bridgehead atoms. The second-order valence-electron chi connectivity index (χ2n) is 2.77. The maximum Gasteiger partial charge on any atom is 0.132 e. The molecule has 2 aromatic rings. The number of nitrogens with zero attached hydrogens (tertiary/aromatic N) is 2. The van der Waals surface area contributed by atoms with Gasteiger partial charge in [0.1, 0.15) is 22.5 Å². The molecule has 1 heterocycles. The summed E-state index contributed by atoms with van der Waals surface area (Å²) >= 11 is 6.93. The number of halogens is 2. The number of aromatic nitrogens is 1. The molecule has 0 amide bonds. The molecule has 2 rings (SSSR count). The molecular formula is C10H4ClFN2S. The largest absolute Gasteiger partial charge is 0.243 e. The molecule has 1 aromatic carbocycles. The van der Waals surface area contributed by atoms with Gasteiger partial charge in [0.2, 0.25) is 0 Å². The van der Waals surface area contributed by atoms with Crippen LogP contribution in [0, 0.1) is 17.1 Å². The van der Waals surface area contributed by atoms with Crippen molar-refractivity contribution < 1.29 is 4.39 Å². The monoisotopic (exact) mass is 238 g/mol. The first-order valence-electron chi connectivity index (χ1n) is 4.01. The Morgan fingerprint density at radius 3 is 3.00 bits per heavy atom. The van der Waals surface area contributed by atoms with E-state index in [1.54, 1.807) is 0 Å². The summed E-state index contributed by atoms with van der Waals surface area (Å²) in [5, 5.41) is 9.21. The summed E-state index contributed by atoms with van der Waals surface area (Å²) in [5.41, 5.74) is 2.12. The molecular weight excluding hydrogens is 235 g/mol. The minimum Gasteiger partial charge on any atom is -0.243 e. The molecule has 0 saturated heterocycles. The van der Waals surface area contributed by atoms with E-state index < -0.39 is 5.82 Å². The van der Waals surface area contributed by atoms with E-state index in [0.717, 1.165) is 0 Å². The van der Waals surface area contributed by atoms with Crippen LogP contribution in [0.2, 0.25) is 5.02 Å². The van der Waals surface area contributed by atoms with Crippen LogP contribution in [0.25, 0.3) is 11.3 Å². The smallest absolute Gasteiger partial charge is 0.132 e. The Morgan fingerprint density at radius 2 is 2.27 bits per heavy atom. The van der Waals surface area contributed by atoms with E-state index >= 15 is 0 Å². The van der Waals surface area contributed by atoms with Crippen molar-refractivity contribution in [3.8, 4) is 17.3 Å². The van der Waals surface area contributed by atoms with E-state index in [4.69, 9.17) is 16.9 Å². The summed E-state index contributed by atoms with van der Waals surface area (Å²) in [7, 11) is 0. The summed E-state index contributed by atoms with van der Waals surface area (Å²) in [5.74, 6) is -0.429. The minimum atomic E-state index is -0.429. The normalized spacial score (nSPS) is 9.93. The van der Waals surface area contributed by atoms with Crippen LogP contribution in [-0.2, 0) is 0 Å². The van der Waals surface area contributed by atoms with Gasteiger partial charge in [-0.2, -0.15) is 5.26 Å². The van der Waals surface area contributed by atoms with Crippen LogP contribution >= 0.6 is 22.9 Å². The molecule has 0 aliphatic heterocycles. The van der Waals surface area contributed by atoms with E-state index in [1.807, 2.05) is 6.07 Å². The number of benzene rings is 1. The highest BCUT2D eigenvalue weighted by molar-refractivity contribution is 7.10. The van der Waals surface area contributed by atoms with Gasteiger partial charge in [-0.3, -0.25) is 0 Å². The summed E-state index contributed by atoms with van der Waals surface area (Å²) in [6, 6.07) is 6.15. The molecule has 0 saturated carbocycles. The lowest BCUT2D eigenvalue weighted by Crippen LogP contribution is -1.86. The third-order valence-corrected chi connectivity index (χ3v) is 2.82. The van der Waals surface area contributed by atoms with Gasteiger partial charge in [-0.05, 0) is 18.2 Å². The van der Waals surface area contributed by atoms with Crippen molar-refractivity contribution in [2.45, 2.75) is 0 Å². The Bertz CT molecular complexity index is 545. The summed E-state index contributed by atoms with van der Waals surface area (Å²) < 4.78 is 13.4. The SMILES string of the molecule is N#Cc1scnc1-c1cc(Cl)ccc1F. The molecule has 0 unspecified atom stereocenters. The number of nitriles is 1. The Morgan fingerprint density at radius 1 is 1.47 bits per heavy atom. The lowest BCUT2D eigenvalue weighted by Gasteiger charge is -2.00. The predicted octanol–water partition coefficient (Wildman–Crippen LogP) is 3.47. The number of hydrogen-bond acceptors (Lipinski definition) is 3. The molecule has 0 atom stereocenters. The fraction of sp³-hybridized carbons (Fsp3) is 0. The van der Waals surface area contributed by atoms with Crippen LogP contribution in [0.15, 0.2) is 23.7 Å². The van der Waals surface area contributed by atoms with Crippen molar-refractivity contribution in [1.29, 1.82) is 5.26 Å². The molecule has 74 valence electrons. The quantitative estimate of drug-likeness (QED) is 0.763. The van der Waals surface area contributed by atoms with Crippen LogP contribution in [0.4, 0.5) is 4.39 Å². The topological polar surface area (TPSA) is 36.7 Å². The van der Waals surface area contributed by atoms with Gasteiger partial charge < -0.3 is 0 Å². The average molecular weight is 239 g/mol. The summed E-state index contributed by atoms with van der Waals surface area (Å²) in [4.78, 5) is 4.34. The van der Waals surface area contributed by atoms with Crippen LogP contribution in [-0.4, -0.2) is 4.98 Å². The van der Waals surface area contributed by atoms with Crippen molar-refractivity contribution >= 4 is 22.9 Å². The van der Waals surface area contributed by atoms with Gasteiger partial charge in [0, 0.05) is 10.6 Å². The highest BCUT2D eigenvalue weighted by Crippen LogP contribution is 2.29. The standard InChI is InChI=1S/C10H4ClFN2S/c11-6-1-2-8(12)7(3-6)10-9(4-13)15-5-14-10/h1-3,5H. The Hall–Kier alpha value is -1.44. The maximum absolute atomic E-state index is 13.4. The highest BCUT2D eigenvalue weighted by Gasteiger charge is 2.12. The Balaban J connectivity index is 2.64. The third-order valence-electron chi connectivity index (χ3n) is 1.85. The van der Waals surface area contributed by atoms with Crippen LogP contribution < -0.4 is 0 Å².